The van der Waals surface area contributed by atoms with E-state index in [1.807, 2.05) is 23.1 Å². The molecule has 2 aliphatic carbocycles. The molecule has 0 N–H and O–H groups in total. The van der Waals surface area contributed by atoms with Crippen LogP contribution in [0.5, 0.6) is 0 Å². The van der Waals surface area contributed by atoms with E-state index in [1.165, 1.54) is 30.6 Å². The Morgan fingerprint density at radius 2 is 1.59 bits per heavy atom. The molecule has 11 heteroatoms. The van der Waals surface area contributed by atoms with E-state index in [4.69, 9.17) is 0 Å². The fourth-order valence-corrected chi connectivity index (χ4v) is 7.77. The number of nitrogens with zero attached hydrogens (tertiary/aromatic N) is 4. The van der Waals surface area contributed by atoms with Gasteiger partial charge < -0.3 is 4.90 Å². The number of amides is 2. The molecule has 2 amide bonds. The molecule has 0 bridgehead atoms. The third-order valence-electron chi connectivity index (χ3n) is 9.67. The van der Waals surface area contributed by atoms with Crippen LogP contribution in [-0.2, 0) is 21.7 Å². The van der Waals surface area contributed by atoms with Crippen LogP contribution >= 0.6 is 0 Å². The van der Waals surface area contributed by atoms with Gasteiger partial charge in [-0.2, -0.15) is 13.2 Å². The SMILES string of the molecule is CN(C)S(=O)(=O)c1ccc(N2C[C@]3(CC[C@@](c4ccccc4)(N(C)C)CC3)N(CC3CCC3)C2=O)c(C(F)(F)F)c1. The Hall–Kier alpha value is -2.63. The third kappa shape index (κ3) is 5.14. The van der Waals surface area contributed by atoms with Gasteiger partial charge in [0.05, 0.1) is 28.2 Å². The minimum Gasteiger partial charge on any atom is -0.317 e. The van der Waals surface area contributed by atoms with Gasteiger partial charge in [0.15, 0.2) is 0 Å². The van der Waals surface area contributed by atoms with Gasteiger partial charge in [-0.3, -0.25) is 9.80 Å². The number of benzene rings is 2. The van der Waals surface area contributed by atoms with E-state index in [0.29, 0.717) is 31.4 Å². The lowest BCUT2D eigenvalue weighted by Gasteiger charge is -2.51. The maximum absolute atomic E-state index is 14.4. The molecule has 2 aromatic carbocycles. The molecular weight excluding hydrogens is 553 g/mol. The summed E-state index contributed by atoms with van der Waals surface area (Å²) >= 11 is 0. The molecule has 1 aliphatic heterocycles. The van der Waals surface area contributed by atoms with Crippen molar-refractivity contribution in [1.82, 2.24) is 14.1 Å². The highest BCUT2D eigenvalue weighted by Gasteiger charge is 2.56. The van der Waals surface area contributed by atoms with Gasteiger partial charge in [0, 0.05) is 26.2 Å². The van der Waals surface area contributed by atoms with Gasteiger partial charge >= 0.3 is 12.2 Å². The van der Waals surface area contributed by atoms with Crippen LogP contribution in [0.4, 0.5) is 23.7 Å². The predicted molar refractivity (Wildman–Crippen MR) is 152 cm³/mol. The second kappa shape index (κ2) is 10.6. The zero-order chi connectivity index (χ0) is 29.8. The second-order valence-corrected chi connectivity index (χ2v) is 14.4. The van der Waals surface area contributed by atoms with Crippen LogP contribution in [0.1, 0.15) is 56.1 Å². The number of anilines is 1. The van der Waals surface area contributed by atoms with Crippen molar-refractivity contribution in [2.45, 2.75) is 67.1 Å². The highest BCUT2D eigenvalue weighted by atomic mass is 32.2. The lowest BCUT2D eigenvalue weighted by atomic mass is 9.68. The summed E-state index contributed by atoms with van der Waals surface area (Å²) in [5, 5.41) is 0. The van der Waals surface area contributed by atoms with Crippen LogP contribution < -0.4 is 4.90 Å². The molecule has 3 aliphatic rings. The number of hydrogen-bond acceptors (Lipinski definition) is 4. The number of rotatable bonds is 7. The maximum atomic E-state index is 14.4. The fourth-order valence-electron chi connectivity index (χ4n) is 6.84. The summed E-state index contributed by atoms with van der Waals surface area (Å²) in [6.07, 6.45) is 1.11. The largest absolute Gasteiger partial charge is 0.418 e. The second-order valence-electron chi connectivity index (χ2n) is 12.3. The van der Waals surface area contributed by atoms with Crippen molar-refractivity contribution in [3.8, 4) is 0 Å². The van der Waals surface area contributed by atoms with Crippen molar-refractivity contribution in [1.29, 1.82) is 0 Å². The van der Waals surface area contributed by atoms with Gasteiger partial charge in [-0.1, -0.05) is 36.8 Å². The Morgan fingerprint density at radius 1 is 0.951 bits per heavy atom. The lowest BCUT2D eigenvalue weighted by molar-refractivity contribution is -0.137. The molecule has 5 rings (SSSR count). The Labute approximate surface area is 240 Å². The number of carbonyl (C=O) groups excluding carboxylic acids is 1. The minimum absolute atomic E-state index is 0.139. The molecule has 1 saturated heterocycles. The first kappa shape index (κ1) is 29.8. The quantitative estimate of drug-likeness (QED) is 0.410. The van der Waals surface area contributed by atoms with Crippen LogP contribution in [-0.4, -0.2) is 75.4 Å². The van der Waals surface area contributed by atoms with Crippen LogP contribution in [0, 0.1) is 5.92 Å². The van der Waals surface area contributed by atoms with E-state index < -0.39 is 38.2 Å². The first-order valence-electron chi connectivity index (χ1n) is 14.2. The van der Waals surface area contributed by atoms with Gasteiger partial charge in [0.25, 0.3) is 0 Å². The Balaban J connectivity index is 1.53. The normalized spacial score (nSPS) is 25.9. The van der Waals surface area contributed by atoms with Crippen molar-refractivity contribution in [2.75, 3.05) is 46.2 Å². The highest BCUT2D eigenvalue weighted by Crippen LogP contribution is 2.51. The van der Waals surface area contributed by atoms with Crippen molar-refractivity contribution >= 4 is 21.7 Å². The van der Waals surface area contributed by atoms with Gasteiger partial charge in [-0.05, 0) is 82.3 Å². The van der Waals surface area contributed by atoms with Crippen molar-refractivity contribution in [2.24, 2.45) is 5.92 Å². The Morgan fingerprint density at radius 3 is 2.10 bits per heavy atom. The summed E-state index contributed by atoms with van der Waals surface area (Å²) in [6.45, 7) is 0.670. The monoisotopic (exact) mass is 592 g/mol. The summed E-state index contributed by atoms with van der Waals surface area (Å²) < 4.78 is 69.4. The summed E-state index contributed by atoms with van der Waals surface area (Å²) in [4.78, 5) is 18.9. The van der Waals surface area contributed by atoms with Crippen LogP contribution in [0.3, 0.4) is 0 Å². The van der Waals surface area contributed by atoms with E-state index in [-0.39, 0.29) is 17.8 Å². The fraction of sp³-hybridized carbons (Fsp3) is 0.567. The van der Waals surface area contributed by atoms with Crippen molar-refractivity contribution < 1.29 is 26.4 Å². The summed E-state index contributed by atoms with van der Waals surface area (Å²) in [7, 11) is 2.57. The Bertz CT molecular complexity index is 1380. The molecule has 0 unspecified atom stereocenters. The van der Waals surface area contributed by atoms with Gasteiger partial charge in [0.2, 0.25) is 10.0 Å². The molecule has 3 fully saturated rings. The predicted octanol–water partition coefficient (Wildman–Crippen LogP) is 5.77. The number of urea groups is 1. The zero-order valence-electron chi connectivity index (χ0n) is 24.1. The molecule has 1 spiro atoms. The molecular formula is C30H39F3N4O3S. The molecule has 0 radical (unpaired) electrons. The maximum Gasteiger partial charge on any atom is 0.418 e. The number of alkyl halides is 3. The molecule has 7 nitrogen and oxygen atoms in total. The standard InChI is InChI=1S/C30H39F3N4O3S/c1-34(2)29(23-11-6-5-7-12-23)17-15-28(16-18-29)21-36(27(38)37(28)20-22-9-8-10-22)26-14-13-24(41(39,40)35(3)4)19-25(26)30(31,32)33/h5-7,11-14,19,22H,8-10,15-18,20-21H2,1-4H3/t28-,29-. The summed E-state index contributed by atoms with van der Waals surface area (Å²) in [6, 6.07) is 12.8. The lowest BCUT2D eigenvalue weighted by Crippen LogP contribution is -2.56. The van der Waals surface area contributed by atoms with Gasteiger partial charge in [0.1, 0.15) is 0 Å². The van der Waals surface area contributed by atoms with E-state index in [9.17, 15) is 26.4 Å². The average Bonchev–Trinajstić information content (AvgIpc) is 3.16. The van der Waals surface area contributed by atoms with E-state index in [1.54, 1.807) is 0 Å². The third-order valence-corrected chi connectivity index (χ3v) is 11.5. The topological polar surface area (TPSA) is 64.2 Å². The smallest absolute Gasteiger partial charge is 0.317 e. The molecule has 2 aromatic rings. The van der Waals surface area contributed by atoms with Crippen LogP contribution in [0.15, 0.2) is 53.4 Å². The summed E-state index contributed by atoms with van der Waals surface area (Å²) in [5.74, 6) is 0.347. The molecule has 224 valence electrons. The van der Waals surface area contributed by atoms with E-state index in [2.05, 4.69) is 31.1 Å². The van der Waals surface area contributed by atoms with Crippen molar-refractivity contribution in [3.05, 3.63) is 59.7 Å². The molecule has 0 aromatic heterocycles. The number of carbonyl (C=O) groups is 1. The minimum atomic E-state index is -4.85. The molecule has 0 atom stereocenters. The molecule has 41 heavy (non-hydrogen) atoms. The van der Waals surface area contributed by atoms with E-state index in [0.717, 1.165) is 42.5 Å². The first-order chi connectivity index (χ1) is 19.2. The number of sulfonamides is 1. The summed E-state index contributed by atoms with van der Waals surface area (Å²) in [5.41, 5.74) is -1.04. The average molecular weight is 593 g/mol. The molecule has 2 saturated carbocycles. The first-order valence-corrected chi connectivity index (χ1v) is 15.6. The van der Waals surface area contributed by atoms with Crippen LogP contribution in [0.2, 0.25) is 0 Å². The van der Waals surface area contributed by atoms with Gasteiger partial charge in [-0.25, -0.2) is 17.5 Å². The number of hydrogen-bond donors (Lipinski definition) is 0. The van der Waals surface area contributed by atoms with Crippen molar-refractivity contribution in [3.63, 3.8) is 0 Å². The van der Waals surface area contributed by atoms with Gasteiger partial charge in [-0.15, -0.1) is 0 Å². The van der Waals surface area contributed by atoms with Crippen LogP contribution in [0.25, 0.3) is 0 Å². The molecule has 1 heterocycles. The van der Waals surface area contributed by atoms with E-state index >= 15 is 0 Å². The highest BCUT2D eigenvalue weighted by molar-refractivity contribution is 7.89. The zero-order valence-corrected chi connectivity index (χ0v) is 24.9. The Kier molecular flexibility index (Phi) is 7.70. The number of halogens is 3.